The van der Waals surface area contributed by atoms with Gasteiger partial charge in [0.25, 0.3) is 0 Å². The highest BCUT2D eigenvalue weighted by atomic mass is 16.5. The number of carbonyl (C=O) groups is 1. The zero-order valence-corrected chi connectivity index (χ0v) is 10.3. The Balaban J connectivity index is 1.88. The Kier molecular flexibility index (Phi) is 4.55. The zero-order valence-electron chi connectivity index (χ0n) is 10.3. The van der Waals surface area contributed by atoms with Crippen molar-refractivity contribution in [2.75, 3.05) is 32.8 Å². The molecule has 0 radical (unpaired) electrons. The highest BCUT2D eigenvalue weighted by Gasteiger charge is 2.10. The van der Waals surface area contributed by atoms with Gasteiger partial charge in [-0.05, 0) is 18.2 Å². The highest BCUT2D eigenvalue weighted by Crippen LogP contribution is 2.06. The quantitative estimate of drug-likeness (QED) is 0.789. The summed E-state index contributed by atoms with van der Waals surface area (Å²) in [6.45, 7) is 5.39. The summed E-state index contributed by atoms with van der Waals surface area (Å²) >= 11 is 0. The number of rotatable bonds is 5. The van der Waals surface area contributed by atoms with Crippen molar-refractivity contribution < 1.29 is 14.6 Å². The maximum absolute atomic E-state index is 10.5. The molecule has 2 rings (SSSR count). The van der Waals surface area contributed by atoms with Crippen molar-refractivity contribution in [3.63, 3.8) is 0 Å². The van der Waals surface area contributed by atoms with Gasteiger partial charge in [0.05, 0.1) is 13.2 Å². The predicted octanol–water partition coefficient (Wildman–Crippen LogP) is 0.918. The lowest BCUT2D eigenvalue weighted by atomic mass is 10.3. The summed E-state index contributed by atoms with van der Waals surface area (Å²) in [6.07, 6.45) is 4.77. The van der Waals surface area contributed by atoms with E-state index < -0.39 is 5.97 Å². The molecule has 0 amide bonds. The summed E-state index contributed by atoms with van der Waals surface area (Å²) in [7, 11) is 0. The molecule has 5 nitrogen and oxygen atoms in total. The number of nitrogens with zero attached hydrogens (tertiary/aromatic N) is 2. The summed E-state index contributed by atoms with van der Waals surface area (Å²) in [5.74, 6) is -0.920. The Bertz CT molecular complexity index is 420. The molecule has 0 spiro atoms. The van der Waals surface area contributed by atoms with Crippen LogP contribution in [0.3, 0.4) is 0 Å². The third-order valence-electron chi connectivity index (χ3n) is 3.02. The molecule has 2 heterocycles. The minimum atomic E-state index is -0.920. The normalized spacial score (nSPS) is 17.3. The number of aliphatic carboxylic acids is 1. The van der Waals surface area contributed by atoms with E-state index in [1.807, 2.05) is 18.3 Å². The summed E-state index contributed by atoms with van der Waals surface area (Å²) < 4.78 is 7.36. The SMILES string of the molecule is O=C(O)/C=C/c1cccn1CCN1CCOCC1. The van der Waals surface area contributed by atoms with Crippen LogP contribution in [0.1, 0.15) is 5.69 Å². The molecule has 1 saturated heterocycles. The molecule has 0 saturated carbocycles. The minimum absolute atomic E-state index is 0.803. The van der Waals surface area contributed by atoms with E-state index in [4.69, 9.17) is 9.84 Å². The molecule has 5 heteroatoms. The molecule has 1 aromatic heterocycles. The molecule has 1 aromatic rings. The fraction of sp³-hybridized carbons (Fsp3) is 0.462. The Labute approximate surface area is 106 Å². The first-order valence-corrected chi connectivity index (χ1v) is 6.12. The van der Waals surface area contributed by atoms with Crippen molar-refractivity contribution in [1.82, 2.24) is 9.47 Å². The number of carboxylic acids is 1. The van der Waals surface area contributed by atoms with Gasteiger partial charge in [0.15, 0.2) is 0 Å². The van der Waals surface area contributed by atoms with Gasteiger partial charge in [-0.3, -0.25) is 4.90 Å². The zero-order chi connectivity index (χ0) is 12.8. The number of aromatic nitrogens is 1. The second-order valence-corrected chi connectivity index (χ2v) is 4.25. The summed E-state index contributed by atoms with van der Waals surface area (Å²) in [5, 5.41) is 8.62. The van der Waals surface area contributed by atoms with Gasteiger partial charge >= 0.3 is 5.97 Å². The van der Waals surface area contributed by atoms with E-state index in [1.165, 1.54) is 6.08 Å². The van der Waals surface area contributed by atoms with Crippen molar-refractivity contribution in [2.24, 2.45) is 0 Å². The van der Waals surface area contributed by atoms with E-state index in [0.717, 1.165) is 45.1 Å². The number of carboxylic acid groups (broad SMARTS) is 1. The van der Waals surface area contributed by atoms with Crippen LogP contribution in [-0.2, 0) is 16.1 Å². The fourth-order valence-electron chi connectivity index (χ4n) is 2.01. The van der Waals surface area contributed by atoms with Crippen molar-refractivity contribution in [1.29, 1.82) is 0 Å². The molecule has 0 bridgehead atoms. The molecular formula is C13H18N2O3. The third kappa shape index (κ3) is 3.72. The lowest BCUT2D eigenvalue weighted by molar-refractivity contribution is -0.131. The van der Waals surface area contributed by atoms with Crippen LogP contribution in [0, 0.1) is 0 Å². The lowest BCUT2D eigenvalue weighted by Crippen LogP contribution is -2.38. The monoisotopic (exact) mass is 250 g/mol. The van der Waals surface area contributed by atoms with Gasteiger partial charge < -0.3 is 14.4 Å². The highest BCUT2D eigenvalue weighted by molar-refractivity contribution is 5.84. The van der Waals surface area contributed by atoms with Crippen LogP contribution in [0.2, 0.25) is 0 Å². The molecule has 0 unspecified atom stereocenters. The van der Waals surface area contributed by atoms with Crippen molar-refractivity contribution in [3.05, 3.63) is 30.1 Å². The van der Waals surface area contributed by atoms with E-state index in [-0.39, 0.29) is 0 Å². The van der Waals surface area contributed by atoms with Gasteiger partial charge in [0, 0.05) is 44.1 Å². The Morgan fingerprint density at radius 2 is 2.17 bits per heavy atom. The first kappa shape index (κ1) is 12.9. The van der Waals surface area contributed by atoms with Crippen LogP contribution in [0.25, 0.3) is 6.08 Å². The van der Waals surface area contributed by atoms with Gasteiger partial charge in [0.1, 0.15) is 0 Å². The average Bonchev–Trinajstić information content (AvgIpc) is 2.82. The first-order chi connectivity index (χ1) is 8.75. The average molecular weight is 250 g/mol. The summed E-state index contributed by atoms with van der Waals surface area (Å²) in [6, 6.07) is 3.85. The first-order valence-electron chi connectivity index (χ1n) is 6.12. The maximum Gasteiger partial charge on any atom is 0.328 e. The van der Waals surface area contributed by atoms with E-state index in [9.17, 15) is 4.79 Å². The largest absolute Gasteiger partial charge is 0.478 e. The Morgan fingerprint density at radius 3 is 2.89 bits per heavy atom. The van der Waals surface area contributed by atoms with Crippen LogP contribution in [0.15, 0.2) is 24.4 Å². The van der Waals surface area contributed by atoms with E-state index in [1.54, 1.807) is 6.08 Å². The number of hydrogen-bond acceptors (Lipinski definition) is 3. The number of ether oxygens (including phenoxy) is 1. The summed E-state index contributed by atoms with van der Waals surface area (Å²) in [4.78, 5) is 12.8. The molecule has 1 aliphatic rings. The van der Waals surface area contributed by atoms with E-state index in [2.05, 4.69) is 9.47 Å². The molecule has 0 aromatic carbocycles. The number of hydrogen-bond donors (Lipinski definition) is 1. The molecule has 1 N–H and O–H groups in total. The second kappa shape index (κ2) is 6.37. The molecule has 0 aliphatic carbocycles. The van der Waals surface area contributed by atoms with Crippen LogP contribution in [-0.4, -0.2) is 53.4 Å². The summed E-state index contributed by atoms with van der Waals surface area (Å²) in [5.41, 5.74) is 0.922. The molecular weight excluding hydrogens is 232 g/mol. The molecule has 1 fully saturated rings. The standard InChI is InChI=1S/C13H18N2O3/c16-13(17)4-3-12-2-1-5-15(12)7-6-14-8-10-18-11-9-14/h1-5H,6-11H2,(H,16,17)/b4-3+. The molecule has 0 atom stereocenters. The molecule has 18 heavy (non-hydrogen) atoms. The maximum atomic E-state index is 10.5. The van der Waals surface area contributed by atoms with Gasteiger partial charge in [-0.15, -0.1) is 0 Å². The van der Waals surface area contributed by atoms with Crippen molar-refractivity contribution in [3.8, 4) is 0 Å². The van der Waals surface area contributed by atoms with Gasteiger partial charge in [-0.1, -0.05) is 0 Å². The predicted molar refractivity (Wildman–Crippen MR) is 68.4 cm³/mol. The Hall–Kier alpha value is -1.59. The van der Waals surface area contributed by atoms with Crippen molar-refractivity contribution in [2.45, 2.75) is 6.54 Å². The van der Waals surface area contributed by atoms with E-state index >= 15 is 0 Å². The fourth-order valence-corrected chi connectivity index (χ4v) is 2.01. The lowest BCUT2D eigenvalue weighted by Gasteiger charge is -2.26. The van der Waals surface area contributed by atoms with Gasteiger partial charge in [-0.2, -0.15) is 0 Å². The number of morpholine rings is 1. The minimum Gasteiger partial charge on any atom is -0.478 e. The van der Waals surface area contributed by atoms with Crippen LogP contribution < -0.4 is 0 Å². The van der Waals surface area contributed by atoms with Gasteiger partial charge in [-0.25, -0.2) is 4.79 Å². The van der Waals surface area contributed by atoms with Crippen LogP contribution >= 0.6 is 0 Å². The van der Waals surface area contributed by atoms with E-state index in [0.29, 0.717) is 0 Å². The third-order valence-corrected chi connectivity index (χ3v) is 3.02. The smallest absolute Gasteiger partial charge is 0.328 e. The van der Waals surface area contributed by atoms with Crippen LogP contribution in [0.4, 0.5) is 0 Å². The molecule has 98 valence electrons. The van der Waals surface area contributed by atoms with Gasteiger partial charge in [0.2, 0.25) is 0 Å². The Morgan fingerprint density at radius 1 is 1.39 bits per heavy atom. The van der Waals surface area contributed by atoms with Crippen molar-refractivity contribution >= 4 is 12.0 Å². The molecule has 1 aliphatic heterocycles. The second-order valence-electron chi connectivity index (χ2n) is 4.25. The van der Waals surface area contributed by atoms with Crippen LogP contribution in [0.5, 0.6) is 0 Å². The topological polar surface area (TPSA) is 54.7 Å².